The summed E-state index contributed by atoms with van der Waals surface area (Å²) in [6.07, 6.45) is 6.77. The van der Waals surface area contributed by atoms with Gasteiger partial charge in [0.1, 0.15) is 0 Å². The normalized spacial score (nSPS) is 18.3. The van der Waals surface area contributed by atoms with Gasteiger partial charge in [-0.1, -0.05) is 12.1 Å². The van der Waals surface area contributed by atoms with E-state index in [-0.39, 0.29) is 0 Å². The molecule has 1 aromatic carbocycles. The number of piperidine rings is 1. The van der Waals surface area contributed by atoms with Crippen LogP contribution in [0, 0.1) is 5.92 Å². The summed E-state index contributed by atoms with van der Waals surface area (Å²) >= 11 is 0. The van der Waals surface area contributed by atoms with Gasteiger partial charge < -0.3 is 9.73 Å². The van der Waals surface area contributed by atoms with Crippen molar-refractivity contribution in [2.45, 2.75) is 19.3 Å². The minimum absolute atomic E-state index is 0.440. The monoisotopic (exact) mass is 310 g/mol. The molecule has 0 bridgehead atoms. The highest BCUT2D eigenvalue weighted by Gasteiger charge is 2.15. The predicted molar refractivity (Wildman–Crippen MR) is 86.7 cm³/mol. The minimum atomic E-state index is -0.440. The largest absolute Gasteiger partial charge is 0.425 e. The Labute approximate surface area is 133 Å². The Morgan fingerprint density at radius 1 is 1.26 bits per heavy atom. The molecule has 3 aromatic rings. The third-order valence-corrected chi connectivity index (χ3v) is 4.30. The van der Waals surface area contributed by atoms with Crippen LogP contribution in [0.15, 0.2) is 45.9 Å². The van der Waals surface area contributed by atoms with Crippen LogP contribution in [-0.2, 0) is 6.42 Å². The number of nitrogens with zero attached hydrogens (tertiary/aromatic N) is 3. The van der Waals surface area contributed by atoms with E-state index < -0.39 is 5.76 Å². The summed E-state index contributed by atoms with van der Waals surface area (Å²) in [5.74, 6) is 0.663. The first-order valence-electron chi connectivity index (χ1n) is 7.94. The van der Waals surface area contributed by atoms with E-state index >= 15 is 0 Å². The first-order valence-corrected chi connectivity index (χ1v) is 7.94. The molecule has 0 amide bonds. The minimum Gasteiger partial charge on any atom is -0.407 e. The average Bonchev–Trinajstić information content (AvgIpc) is 2.92. The Morgan fingerprint density at radius 2 is 2.17 bits per heavy atom. The van der Waals surface area contributed by atoms with Gasteiger partial charge >= 0.3 is 5.76 Å². The number of rotatable bonds is 3. The number of hydrogen-bond donors (Lipinski definition) is 1. The standard InChI is InChI=1S/C17H18N4O2/c22-17-21(14-5-1-2-6-15(14)23-17)16-11-19-13(10-20-16)8-12-4-3-7-18-9-12/h1-2,5-6,10-12,18H,3-4,7-9H2/t12-/m0/s1. The summed E-state index contributed by atoms with van der Waals surface area (Å²) in [5.41, 5.74) is 2.22. The van der Waals surface area contributed by atoms with E-state index in [1.807, 2.05) is 18.2 Å². The van der Waals surface area contributed by atoms with Crippen LogP contribution in [0.2, 0.25) is 0 Å². The van der Waals surface area contributed by atoms with Crippen LogP contribution in [-0.4, -0.2) is 27.6 Å². The van der Waals surface area contributed by atoms with Gasteiger partial charge in [0.15, 0.2) is 11.4 Å². The molecule has 0 spiro atoms. The summed E-state index contributed by atoms with van der Waals surface area (Å²) in [6.45, 7) is 2.15. The molecule has 1 fully saturated rings. The molecule has 1 aliphatic heterocycles. The molecule has 6 nitrogen and oxygen atoms in total. The van der Waals surface area contributed by atoms with Crippen molar-refractivity contribution in [2.75, 3.05) is 13.1 Å². The summed E-state index contributed by atoms with van der Waals surface area (Å²) < 4.78 is 6.69. The summed E-state index contributed by atoms with van der Waals surface area (Å²) in [7, 11) is 0. The molecular weight excluding hydrogens is 292 g/mol. The molecule has 4 rings (SSSR count). The second-order valence-corrected chi connectivity index (χ2v) is 5.95. The summed E-state index contributed by atoms with van der Waals surface area (Å²) in [4.78, 5) is 21.0. The van der Waals surface area contributed by atoms with Gasteiger partial charge in [-0.05, 0) is 50.4 Å². The quantitative estimate of drug-likeness (QED) is 0.800. The summed E-state index contributed by atoms with van der Waals surface area (Å²) in [5, 5.41) is 3.41. The summed E-state index contributed by atoms with van der Waals surface area (Å²) in [6, 6.07) is 7.31. The number of nitrogens with one attached hydrogen (secondary N) is 1. The van der Waals surface area contributed by atoms with Gasteiger partial charge in [-0.3, -0.25) is 4.98 Å². The lowest BCUT2D eigenvalue weighted by Crippen LogP contribution is -2.31. The number of benzene rings is 1. The zero-order valence-corrected chi connectivity index (χ0v) is 12.7. The number of aromatic nitrogens is 3. The van der Waals surface area contributed by atoms with Gasteiger partial charge in [0.05, 0.1) is 23.6 Å². The molecule has 1 atom stereocenters. The molecule has 0 unspecified atom stereocenters. The van der Waals surface area contributed by atoms with E-state index in [2.05, 4.69) is 15.3 Å². The third kappa shape index (κ3) is 2.77. The van der Waals surface area contributed by atoms with Crippen molar-refractivity contribution in [2.24, 2.45) is 5.92 Å². The van der Waals surface area contributed by atoms with Gasteiger partial charge in [0, 0.05) is 0 Å². The van der Waals surface area contributed by atoms with Gasteiger partial charge in [-0.15, -0.1) is 0 Å². The molecule has 1 N–H and O–H groups in total. The number of hydrogen-bond acceptors (Lipinski definition) is 5. The van der Waals surface area contributed by atoms with E-state index in [1.54, 1.807) is 18.5 Å². The number of oxazole rings is 1. The van der Waals surface area contributed by atoms with Gasteiger partial charge in [-0.2, -0.15) is 0 Å². The van der Waals surface area contributed by atoms with Crippen molar-refractivity contribution in [3.05, 3.63) is 52.9 Å². The molecule has 0 saturated carbocycles. The van der Waals surface area contributed by atoms with Crippen LogP contribution in [0.3, 0.4) is 0 Å². The fourth-order valence-electron chi connectivity index (χ4n) is 3.15. The van der Waals surface area contributed by atoms with E-state index in [1.165, 1.54) is 17.4 Å². The Balaban J connectivity index is 1.62. The molecule has 2 aromatic heterocycles. The van der Waals surface area contributed by atoms with Crippen molar-refractivity contribution in [1.29, 1.82) is 0 Å². The smallest absolute Gasteiger partial charge is 0.407 e. The Kier molecular flexibility index (Phi) is 3.67. The van der Waals surface area contributed by atoms with Crippen LogP contribution in [0.4, 0.5) is 0 Å². The van der Waals surface area contributed by atoms with Crippen LogP contribution >= 0.6 is 0 Å². The van der Waals surface area contributed by atoms with Gasteiger partial charge in [-0.25, -0.2) is 14.3 Å². The highest BCUT2D eigenvalue weighted by molar-refractivity contribution is 5.74. The zero-order chi connectivity index (χ0) is 15.6. The van der Waals surface area contributed by atoms with E-state index in [0.717, 1.165) is 25.2 Å². The molecule has 23 heavy (non-hydrogen) atoms. The molecule has 6 heteroatoms. The first-order chi connectivity index (χ1) is 11.3. The van der Waals surface area contributed by atoms with Crippen LogP contribution in [0.1, 0.15) is 18.5 Å². The molecule has 1 saturated heterocycles. The fourth-order valence-corrected chi connectivity index (χ4v) is 3.15. The second-order valence-electron chi connectivity index (χ2n) is 5.95. The lowest BCUT2D eigenvalue weighted by Gasteiger charge is -2.22. The van der Waals surface area contributed by atoms with Crippen molar-refractivity contribution in [1.82, 2.24) is 19.9 Å². The lowest BCUT2D eigenvalue weighted by molar-refractivity contribution is 0.373. The topological polar surface area (TPSA) is 73.0 Å². The first kappa shape index (κ1) is 14.1. The second kappa shape index (κ2) is 5.96. The maximum Gasteiger partial charge on any atom is 0.425 e. The molecule has 0 radical (unpaired) electrons. The average molecular weight is 310 g/mol. The SMILES string of the molecule is O=c1oc2ccccc2n1-c1cnc(C[C@@H]2CCCNC2)cn1. The maximum atomic E-state index is 12.1. The third-order valence-electron chi connectivity index (χ3n) is 4.30. The molecule has 0 aliphatic carbocycles. The van der Waals surface area contributed by atoms with Gasteiger partial charge in [0.2, 0.25) is 0 Å². The van der Waals surface area contributed by atoms with Crippen molar-refractivity contribution in [3.8, 4) is 5.82 Å². The Morgan fingerprint density at radius 3 is 2.96 bits per heavy atom. The number of para-hydroxylation sites is 2. The number of fused-ring (bicyclic) bond motifs is 1. The highest BCUT2D eigenvalue weighted by atomic mass is 16.4. The fraction of sp³-hybridized carbons (Fsp3) is 0.353. The van der Waals surface area contributed by atoms with E-state index in [0.29, 0.717) is 22.8 Å². The van der Waals surface area contributed by atoms with Crippen LogP contribution in [0.25, 0.3) is 16.9 Å². The van der Waals surface area contributed by atoms with Gasteiger partial charge in [0.25, 0.3) is 0 Å². The molecule has 1 aliphatic rings. The van der Waals surface area contributed by atoms with Crippen molar-refractivity contribution < 1.29 is 4.42 Å². The van der Waals surface area contributed by atoms with E-state index in [4.69, 9.17) is 4.42 Å². The molecule has 118 valence electrons. The lowest BCUT2D eigenvalue weighted by atomic mass is 9.95. The van der Waals surface area contributed by atoms with E-state index in [9.17, 15) is 4.79 Å². The van der Waals surface area contributed by atoms with Crippen LogP contribution in [0.5, 0.6) is 0 Å². The van der Waals surface area contributed by atoms with Crippen molar-refractivity contribution >= 4 is 11.1 Å². The van der Waals surface area contributed by atoms with Crippen molar-refractivity contribution in [3.63, 3.8) is 0 Å². The maximum absolute atomic E-state index is 12.1. The Bertz CT molecular complexity index is 860. The molecule has 3 heterocycles. The zero-order valence-electron chi connectivity index (χ0n) is 12.7. The highest BCUT2D eigenvalue weighted by Crippen LogP contribution is 2.17. The molecular formula is C17H18N4O2. The van der Waals surface area contributed by atoms with Crippen LogP contribution < -0.4 is 11.1 Å². The predicted octanol–water partition coefficient (Wildman–Crippen LogP) is 1.92. The Hall–Kier alpha value is -2.47.